The van der Waals surface area contributed by atoms with Gasteiger partial charge >= 0.3 is 0 Å². The van der Waals surface area contributed by atoms with Gasteiger partial charge in [-0.1, -0.05) is 62.9 Å². The fourth-order valence-corrected chi connectivity index (χ4v) is 3.89. The molecule has 3 nitrogen and oxygen atoms in total. The van der Waals surface area contributed by atoms with Gasteiger partial charge in [-0.3, -0.25) is 4.79 Å². The summed E-state index contributed by atoms with van der Waals surface area (Å²) in [6.45, 7) is 4.84. The molecule has 0 amide bonds. The molecule has 1 aliphatic rings. The van der Waals surface area contributed by atoms with E-state index in [-0.39, 0.29) is 17.1 Å². The van der Waals surface area contributed by atoms with Crippen molar-refractivity contribution < 1.29 is 14.3 Å². The smallest absolute Gasteiger partial charge is 0.218 e. The number of rotatable bonds is 10. The second-order valence-electron chi connectivity index (χ2n) is 6.55. The monoisotopic (exact) mass is 350 g/mol. The van der Waals surface area contributed by atoms with E-state index in [1.54, 1.807) is 11.8 Å². The highest BCUT2D eigenvalue weighted by Crippen LogP contribution is 2.26. The van der Waals surface area contributed by atoms with Crippen molar-refractivity contribution in [3.05, 3.63) is 35.9 Å². The van der Waals surface area contributed by atoms with Gasteiger partial charge < -0.3 is 9.47 Å². The molecule has 0 radical (unpaired) electrons. The molecule has 3 atom stereocenters. The molecule has 1 aromatic rings. The molecule has 0 bridgehead atoms. The van der Waals surface area contributed by atoms with Crippen molar-refractivity contribution in [2.24, 2.45) is 0 Å². The quantitative estimate of drug-likeness (QED) is 0.558. The van der Waals surface area contributed by atoms with E-state index < -0.39 is 6.29 Å². The molecule has 2 rings (SSSR count). The molecule has 1 heterocycles. The first-order valence-electron chi connectivity index (χ1n) is 9.14. The predicted molar refractivity (Wildman–Crippen MR) is 100 cm³/mol. The summed E-state index contributed by atoms with van der Waals surface area (Å²) in [4.78, 5) is 12.3. The molecule has 1 aliphatic heterocycles. The summed E-state index contributed by atoms with van der Waals surface area (Å²) in [5.74, 6) is 1.01. The van der Waals surface area contributed by atoms with Crippen LogP contribution in [0.5, 0.6) is 0 Å². The van der Waals surface area contributed by atoms with E-state index >= 15 is 0 Å². The Balaban J connectivity index is 1.66. The van der Waals surface area contributed by atoms with Crippen molar-refractivity contribution >= 4 is 17.5 Å². The summed E-state index contributed by atoms with van der Waals surface area (Å²) >= 11 is 1.79. The van der Waals surface area contributed by atoms with E-state index in [1.807, 2.05) is 25.1 Å². The van der Waals surface area contributed by atoms with Gasteiger partial charge in [0.2, 0.25) is 6.29 Å². The van der Waals surface area contributed by atoms with Gasteiger partial charge in [-0.15, -0.1) is 0 Å². The molecule has 0 spiro atoms. The van der Waals surface area contributed by atoms with Crippen molar-refractivity contribution in [2.75, 3.05) is 6.61 Å². The number of ketones is 1. The van der Waals surface area contributed by atoms with Crippen LogP contribution in [0.15, 0.2) is 30.3 Å². The zero-order valence-corrected chi connectivity index (χ0v) is 15.7. The first-order valence-corrected chi connectivity index (χ1v) is 10.2. The second kappa shape index (κ2) is 10.9. The molecule has 1 saturated heterocycles. The highest BCUT2D eigenvalue weighted by atomic mass is 32.2. The van der Waals surface area contributed by atoms with Crippen molar-refractivity contribution in [1.82, 2.24) is 0 Å². The van der Waals surface area contributed by atoms with Gasteiger partial charge in [0, 0.05) is 17.4 Å². The van der Waals surface area contributed by atoms with Crippen LogP contribution >= 0.6 is 11.8 Å². The Morgan fingerprint density at radius 3 is 2.75 bits per heavy atom. The molecule has 134 valence electrons. The maximum Gasteiger partial charge on any atom is 0.218 e. The van der Waals surface area contributed by atoms with Crippen molar-refractivity contribution in [1.29, 1.82) is 0 Å². The van der Waals surface area contributed by atoms with E-state index in [0.717, 1.165) is 18.6 Å². The van der Waals surface area contributed by atoms with Crippen LogP contribution < -0.4 is 0 Å². The number of ether oxygens (including phenoxy) is 2. The number of hydrogen-bond donors (Lipinski definition) is 0. The molecule has 1 aromatic carbocycles. The Morgan fingerprint density at radius 1 is 1.25 bits per heavy atom. The Labute approximate surface area is 150 Å². The van der Waals surface area contributed by atoms with Gasteiger partial charge in [-0.05, 0) is 18.9 Å². The molecule has 0 N–H and O–H groups in total. The van der Waals surface area contributed by atoms with Crippen LogP contribution in [-0.2, 0) is 20.0 Å². The van der Waals surface area contributed by atoms with E-state index in [9.17, 15) is 4.79 Å². The molecule has 1 fully saturated rings. The van der Waals surface area contributed by atoms with Crippen LogP contribution in [0.25, 0.3) is 0 Å². The number of hydrogen-bond acceptors (Lipinski definition) is 4. The summed E-state index contributed by atoms with van der Waals surface area (Å²) in [7, 11) is 0. The predicted octanol–water partition coefficient (Wildman–Crippen LogP) is 4.98. The van der Waals surface area contributed by atoms with Gasteiger partial charge in [0.1, 0.15) is 0 Å². The molecule has 0 saturated carbocycles. The van der Waals surface area contributed by atoms with Crippen LogP contribution in [-0.4, -0.2) is 30.0 Å². The first-order chi connectivity index (χ1) is 11.7. The standard InChI is InChI=1S/C20H30O3S/c1-3-4-5-7-10-16(2)23-20-19(21)13-18(14-22-20)24-15-17-11-8-6-9-12-17/h6,8-9,11-12,16,18,20H,3-5,7,10,13-15H2,1-2H3/t16-,18-,20-/m0/s1. The first kappa shape index (κ1) is 19.5. The lowest BCUT2D eigenvalue weighted by atomic mass is 10.1. The van der Waals surface area contributed by atoms with Crippen molar-refractivity contribution in [3.8, 4) is 0 Å². The number of Topliss-reactive ketones (excluding diaryl/α,β-unsaturated/α-hetero) is 1. The largest absolute Gasteiger partial charge is 0.345 e. The average molecular weight is 351 g/mol. The molecule has 0 aromatic heterocycles. The van der Waals surface area contributed by atoms with Crippen LogP contribution in [0.3, 0.4) is 0 Å². The van der Waals surface area contributed by atoms with E-state index in [2.05, 4.69) is 19.1 Å². The highest BCUT2D eigenvalue weighted by molar-refractivity contribution is 7.99. The maximum absolute atomic E-state index is 12.3. The minimum absolute atomic E-state index is 0.0873. The summed E-state index contributed by atoms with van der Waals surface area (Å²) < 4.78 is 11.5. The summed E-state index contributed by atoms with van der Waals surface area (Å²) in [5, 5.41) is 0.234. The number of carbonyl (C=O) groups is 1. The lowest BCUT2D eigenvalue weighted by molar-refractivity contribution is -0.190. The van der Waals surface area contributed by atoms with Gasteiger partial charge in [0.05, 0.1) is 12.7 Å². The van der Waals surface area contributed by atoms with Gasteiger partial charge in [-0.25, -0.2) is 0 Å². The molecule has 0 unspecified atom stereocenters. The molecular weight excluding hydrogens is 320 g/mol. The highest BCUT2D eigenvalue weighted by Gasteiger charge is 2.31. The third kappa shape index (κ3) is 6.96. The summed E-state index contributed by atoms with van der Waals surface area (Å²) in [6.07, 6.45) is 5.88. The number of unbranched alkanes of at least 4 members (excludes halogenated alkanes) is 3. The Hall–Kier alpha value is -0.840. The molecule has 24 heavy (non-hydrogen) atoms. The second-order valence-corrected chi connectivity index (χ2v) is 7.84. The maximum atomic E-state index is 12.3. The average Bonchev–Trinajstić information content (AvgIpc) is 2.60. The zero-order valence-electron chi connectivity index (χ0n) is 14.9. The molecule has 4 heteroatoms. The normalized spacial score (nSPS) is 22.5. The van der Waals surface area contributed by atoms with E-state index in [4.69, 9.17) is 9.47 Å². The fourth-order valence-electron chi connectivity index (χ4n) is 2.82. The fraction of sp³-hybridized carbons (Fsp3) is 0.650. The van der Waals surface area contributed by atoms with Gasteiger partial charge in [0.15, 0.2) is 5.78 Å². The summed E-state index contributed by atoms with van der Waals surface area (Å²) in [5.41, 5.74) is 1.29. The zero-order chi connectivity index (χ0) is 17.2. The topological polar surface area (TPSA) is 35.5 Å². The van der Waals surface area contributed by atoms with Crippen LogP contribution in [0.4, 0.5) is 0 Å². The Kier molecular flexibility index (Phi) is 8.86. The van der Waals surface area contributed by atoms with Gasteiger partial charge in [0.25, 0.3) is 0 Å². The van der Waals surface area contributed by atoms with E-state index in [1.165, 1.54) is 24.8 Å². The van der Waals surface area contributed by atoms with Crippen molar-refractivity contribution in [2.45, 2.75) is 75.8 Å². The lowest BCUT2D eigenvalue weighted by Gasteiger charge is -2.29. The molecular formula is C20H30O3S. The number of benzene rings is 1. The minimum Gasteiger partial charge on any atom is -0.345 e. The Morgan fingerprint density at radius 2 is 2.04 bits per heavy atom. The van der Waals surface area contributed by atoms with Crippen LogP contribution in [0.1, 0.15) is 57.9 Å². The minimum atomic E-state index is -0.653. The van der Waals surface area contributed by atoms with Crippen LogP contribution in [0.2, 0.25) is 0 Å². The SMILES string of the molecule is CCCCCC[C@H](C)O[C@@H]1OC[C@@H](SCc2ccccc2)CC1=O. The number of thioether (sulfide) groups is 1. The van der Waals surface area contributed by atoms with E-state index in [0.29, 0.717) is 13.0 Å². The number of carbonyl (C=O) groups excluding carboxylic acids is 1. The molecule has 0 aliphatic carbocycles. The Bertz CT molecular complexity index is 477. The summed E-state index contributed by atoms with van der Waals surface area (Å²) in [6, 6.07) is 10.3. The third-order valence-corrected chi connectivity index (χ3v) is 5.55. The van der Waals surface area contributed by atoms with Crippen LogP contribution in [0, 0.1) is 0 Å². The van der Waals surface area contributed by atoms with Gasteiger partial charge in [-0.2, -0.15) is 11.8 Å². The third-order valence-electron chi connectivity index (χ3n) is 4.27. The lowest BCUT2D eigenvalue weighted by Crippen LogP contribution is -2.40. The van der Waals surface area contributed by atoms with Crippen molar-refractivity contribution in [3.63, 3.8) is 0 Å².